The average molecular weight is 322 g/mol. The van der Waals surface area contributed by atoms with Crippen molar-refractivity contribution in [3.8, 4) is 0 Å². The zero-order chi connectivity index (χ0) is 13.7. The summed E-state index contributed by atoms with van der Waals surface area (Å²) < 4.78 is 13.9. The monoisotopic (exact) mass is 321 g/mol. The molecule has 0 heterocycles. The summed E-state index contributed by atoms with van der Waals surface area (Å²) in [5.74, 6) is 0.188. The second-order valence-electron chi connectivity index (χ2n) is 4.76. The predicted octanol–water partition coefficient (Wildman–Crippen LogP) is 3.95. The Labute approximate surface area is 121 Å². The fourth-order valence-corrected chi connectivity index (χ4v) is 2.41. The first kappa shape index (κ1) is 14.2. The Morgan fingerprint density at radius 2 is 1.37 bits per heavy atom. The van der Waals surface area contributed by atoms with Crippen molar-refractivity contribution in [2.24, 2.45) is 11.7 Å². The van der Waals surface area contributed by atoms with Crippen LogP contribution in [0.1, 0.15) is 11.1 Å². The molecule has 2 rings (SSSR count). The van der Waals surface area contributed by atoms with Gasteiger partial charge >= 0.3 is 0 Å². The van der Waals surface area contributed by atoms with Crippen LogP contribution in [-0.4, -0.2) is 6.54 Å². The van der Waals surface area contributed by atoms with Crippen LogP contribution < -0.4 is 5.73 Å². The van der Waals surface area contributed by atoms with Gasteiger partial charge in [-0.05, 0) is 60.7 Å². The van der Waals surface area contributed by atoms with Crippen LogP contribution >= 0.6 is 15.9 Å². The quantitative estimate of drug-likeness (QED) is 0.886. The van der Waals surface area contributed by atoms with Crippen molar-refractivity contribution in [3.05, 3.63) is 69.9 Å². The van der Waals surface area contributed by atoms with Gasteiger partial charge in [0.05, 0.1) is 0 Å². The molecule has 1 unspecified atom stereocenters. The Balaban J connectivity index is 2.00. The molecule has 2 aromatic rings. The molecule has 0 saturated heterocycles. The first-order valence-electron chi connectivity index (χ1n) is 6.36. The minimum Gasteiger partial charge on any atom is -0.330 e. The Kier molecular flexibility index (Phi) is 5.11. The van der Waals surface area contributed by atoms with Crippen LogP contribution in [0.4, 0.5) is 4.39 Å². The SMILES string of the molecule is NCC(Cc1ccc(F)cc1)Cc1ccc(Br)cc1. The molecule has 0 aliphatic heterocycles. The maximum Gasteiger partial charge on any atom is 0.123 e. The first-order chi connectivity index (χ1) is 9.17. The third kappa shape index (κ3) is 4.44. The lowest BCUT2D eigenvalue weighted by molar-refractivity contribution is 0.532. The van der Waals surface area contributed by atoms with Gasteiger partial charge in [0.25, 0.3) is 0 Å². The smallest absolute Gasteiger partial charge is 0.123 e. The molecule has 0 aromatic heterocycles. The topological polar surface area (TPSA) is 26.0 Å². The fourth-order valence-electron chi connectivity index (χ4n) is 2.15. The van der Waals surface area contributed by atoms with Gasteiger partial charge < -0.3 is 5.73 Å². The van der Waals surface area contributed by atoms with Gasteiger partial charge in [-0.1, -0.05) is 40.2 Å². The van der Waals surface area contributed by atoms with Crippen LogP contribution in [0.15, 0.2) is 53.0 Å². The lowest BCUT2D eigenvalue weighted by Crippen LogP contribution is -2.19. The van der Waals surface area contributed by atoms with Crippen molar-refractivity contribution in [2.75, 3.05) is 6.54 Å². The Hall–Kier alpha value is -1.19. The lowest BCUT2D eigenvalue weighted by Gasteiger charge is -2.15. The fraction of sp³-hybridized carbons (Fsp3) is 0.250. The van der Waals surface area contributed by atoms with Crippen molar-refractivity contribution >= 4 is 15.9 Å². The second-order valence-corrected chi connectivity index (χ2v) is 5.68. The summed E-state index contributed by atoms with van der Waals surface area (Å²) in [5, 5.41) is 0. The number of halogens is 2. The Morgan fingerprint density at radius 3 is 1.84 bits per heavy atom. The van der Waals surface area contributed by atoms with Gasteiger partial charge in [-0.3, -0.25) is 0 Å². The number of hydrogen-bond acceptors (Lipinski definition) is 1. The van der Waals surface area contributed by atoms with E-state index in [9.17, 15) is 4.39 Å². The summed E-state index contributed by atoms with van der Waals surface area (Å²) in [7, 11) is 0. The molecule has 0 radical (unpaired) electrons. The van der Waals surface area contributed by atoms with Crippen LogP contribution in [0.3, 0.4) is 0 Å². The maximum atomic E-state index is 12.9. The van der Waals surface area contributed by atoms with E-state index in [0.717, 1.165) is 22.9 Å². The number of benzene rings is 2. The molecule has 3 heteroatoms. The average Bonchev–Trinajstić information content (AvgIpc) is 2.43. The third-order valence-electron chi connectivity index (χ3n) is 3.21. The zero-order valence-corrected chi connectivity index (χ0v) is 12.2. The molecule has 0 aliphatic rings. The first-order valence-corrected chi connectivity index (χ1v) is 7.15. The van der Waals surface area contributed by atoms with Crippen molar-refractivity contribution in [1.29, 1.82) is 0 Å². The van der Waals surface area contributed by atoms with E-state index >= 15 is 0 Å². The van der Waals surface area contributed by atoms with Gasteiger partial charge in [0, 0.05) is 4.47 Å². The molecule has 2 aromatic carbocycles. The van der Waals surface area contributed by atoms with Gasteiger partial charge in [-0.25, -0.2) is 4.39 Å². The highest BCUT2D eigenvalue weighted by Gasteiger charge is 2.09. The molecular weight excluding hydrogens is 305 g/mol. The normalized spacial score (nSPS) is 12.4. The molecule has 0 aliphatic carbocycles. The third-order valence-corrected chi connectivity index (χ3v) is 3.74. The van der Waals surface area contributed by atoms with E-state index in [1.165, 1.54) is 17.7 Å². The summed E-state index contributed by atoms with van der Waals surface area (Å²) in [6.45, 7) is 0.632. The molecule has 100 valence electrons. The van der Waals surface area contributed by atoms with E-state index in [2.05, 4.69) is 28.1 Å². The highest BCUT2D eigenvalue weighted by atomic mass is 79.9. The summed E-state index contributed by atoms with van der Waals surface area (Å²) in [5.41, 5.74) is 8.26. The summed E-state index contributed by atoms with van der Waals surface area (Å²) in [6, 6.07) is 15.0. The van der Waals surface area contributed by atoms with Crippen molar-refractivity contribution in [1.82, 2.24) is 0 Å². The predicted molar refractivity (Wildman–Crippen MR) is 80.5 cm³/mol. The van der Waals surface area contributed by atoms with Crippen LogP contribution in [-0.2, 0) is 12.8 Å². The Morgan fingerprint density at radius 1 is 0.895 bits per heavy atom. The van der Waals surface area contributed by atoms with Gasteiger partial charge in [-0.2, -0.15) is 0 Å². The number of rotatable bonds is 5. The van der Waals surface area contributed by atoms with E-state index in [0.29, 0.717) is 12.5 Å². The van der Waals surface area contributed by atoms with Gasteiger partial charge in [-0.15, -0.1) is 0 Å². The van der Waals surface area contributed by atoms with Crippen molar-refractivity contribution in [2.45, 2.75) is 12.8 Å². The minimum atomic E-state index is -0.194. The summed E-state index contributed by atoms with van der Waals surface area (Å²) in [6.07, 6.45) is 1.83. The molecular formula is C16H17BrFN. The van der Waals surface area contributed by atoms with Crippen molar-refractivity contribution in [3.63, 3.8) is 0 Å². The van der Waals surface area contributed by atoms with Gasteiger partial charge in [0.15, 0.2) is 0 Å². The standard InChI is InChI=1S/C16H17BrFN/c17-15-5-1-12(2-6-15)9-14(11-19)10-13-3-7-16(18)8-4-13/h1-8,14H,9-11,19H2. The largest absolute Gasteiger partial charge is 0.330 e. The molecule has 1 nitrogen and oxygen atoms in total. The van der Waals surface area contributed by atoms with E-state index in [1.54, 1.807) is 0 Å². The lowest BCUT2D eigenvalue weighted by atomic mass is 9.93. The summed E-state index contributed by atoms with van der Waals surface area (Å²) in [4.78, 5) is 0. The van der Waals surface area contributed by atoms with E-state index in [4.69, 9.17) is 5.73 Å². The Bertz CT molecular complexity index is 460. The van der Waals surface area contributed by atoms with Crippen LogP contribution in [0.25, 0.3) is 0 Å². The molecule has 2 N–H and O–H groups in total. The van der Waals surface area contributed by atoms with Crippen LogP contribution in [0, 0.1) is 11.7 Å². The second kappa shape index (κ2) is 6.83. The van der Waals surface area contributed by atoms with E-state index < -0.39 is 0 Å². The minimum absolute atomic E-state index is 0.194. The van der Waals surface area contributed by atoms with E-state index in [1.807, 2.05) is 24.3 Å². The molecule has 0 amide bonds. The molecule has 0 bridgehead atoms. The van der Waals surface area contributed by atoms with Crippen LogP contribution in [0.2, 0.25) is 0 Å². The summed E-state index contributed by atoms with van der Waals surface area (Å²) >= 11 is 3.43. The molecule has 0 saturated carbocycles. The molecule has 1 atom stereocenters. The zero-order valence-electron chi connectivity index (χ0n) is 10.7. The van der Waals surface area contributed by atoms with E-state index in [-0.39, 0.29) is 5.82 Å². The molecule has 19 heavy (non-hydrogen) atoms. The molecule has 0 spiro atoms. The maximum absolute atomic E-state index is 12.9. The highest BCUT2D eigenvalue weighted by molar-refractivity contribution is 9.10. The van der Waals surface area contributed by atoms with Crippen molar-refractivity contribution < 1.29 is 4.39 Å². The van der Waals surface area contributed by atoms with Gasteiger partial charge in [0.2, 0.25) is 0 Å². The highest BCUT2D eigenvalue weighted by Crippen LogP contribution is 2.17. The van der Waals surface area contributed by atoms with Crippen LogP contribution in [0.5, 0.6) is 0 Å². The number of hydrogen-bond donors (Lipinski definition) is 1. The number of nitrogens with two attached hydrogens (primary N) is 1. The van der Waals surface area contributed by atoms with Gasteiger partial charge in [0.1, 0.15) is 5.82 Å². The molecule has 0 fully saturated rings.